The number of halogens is 1. The first kappa shape index (κ1) is 9.53. The maximum atomic E-state index is 11.5. The highest BCUT2D eigenvalue weighted by Gasteiger charge is 2.05. The van der Waals surface area contributed by atoms with E-state index in [0.29, 0.717) is 0 Å². The molecule has 1 aromatic heterocycles. The number of carbonyl (C=O) groups excluding carboxylic acids is 1. The maximum Gasteiger partial charge on any atom is 0.295 e. The van der Waals surface area contributed by atoms with Crippen LogP contribution in [0.3, 0.4) is 0 Å². The Morgan fingerprint density at radius 1 is 1.69 bits per heavy atom. The summed E-state index contributed by atoms with van der Waals surface area (Å²) in [6.45, 7) is -0.827. The molecule has 13 heavy (non-hydrogen) atoms. The molecule has 0 aliphatic heterocycles. The van der Waals surface area contributed by atoms with Crippen LogP contribution in [0.4, 0.5) is 4.39 Å². The quantitative estimate of drug-likeness (QED) is 0.534. The van der Waals surface area contributed by atoms with Gasteiger partial charge in [-0.1, -0.05) is 0 Å². The van der Waals surface area contributed by atoms with Gasteiger partial charge in [0.05, 0.1) is 0 Å². The predicted molar refractivity (Wildman–Crippen MR) is 41.4 cm³/mol. The van der Waals surface area contributed by atoms with Crippen LogP contribution in [0.15, 0.2) is 18.3 Å². The third-order valence-corrected chi connectivity index (χ3v) is 1.15. The third kappa shape index (κ3) is 3.12. The normalized spacial score (nSPS) is 9.62. The van der Waals surface area contributed by atoms with Crippen LogP contribution < -0.4 is 5.48 Å². The van der Waals surface area contributed by atoms with Crippen LogP contribution in [-0.2, 0) is 4.84 Å². The smallest absolute Gasteiger partial charge is 0.271 e. The summed E-state index contributed by atoms with van der Waals surface area (Å²) in [5, 5.41) is 7.02. The molecule has 0 bridgehead atoms. The molecule has 6 heteroatoms. The van der Waals surface area contributed by atoms with Crippen LogP contribution in [0.1, 0.15) is 10.5 Å². The predicted octanol–water partition coefficient (Wildman–Crippen LogP) is 0.107. The number of rotatable bonds is 4. The van der Waals surface area contributed by atoms with Crippen LogP contribution >= 0.6 is 0 Å². The third-order valence-electron chi connectivity index (χ3n) is 1.15. The number of hydrogen-bond donors (Lipinski definition) is 1. The highest BCUT2D eigenvalue weighted by atomic mass is 19.1. The largest absolute Gasteiger partial charge is 0.295 e. The second kappa shape index (κ2) is 5.15. The summed E-state index contributed by atoms with van der Waals surface area (Å²) >= 11 is 0. The molecule has 0 aliphatic rings. The lowest BCUT2D eigenvalue weighted by Crippen LogP contribution is -2.25. The van der Waals surface area contributed by atoms with Crippen molar-refractivity contribution >= 4 is 5.91 Å². The van der Waals surface area contributed by atoms with Gasteiger partial charge in [-0.25, -0.2) is 9.87 Å². The summed E-state index contributed by atoms with van der Waals surface area (Å²) in [6, 6.07) is 3.04. The number of alkyl halides is 1. The molecule has 0 spiro atoms. The maximum absolute atomic E-state index is 11.5. The van der Waals surface area contributed by atoms with E-state index in [9.17, 15) is 9.18 Å². The molecule has 0 fully saturated rings. The lowest BCUT2D eigenvalue weighted by atomic mass is 10.4. The zero-order chi connectivity index (χ0) is 9.52. The lowest BCUT2D eigenvalue weighted by molar-refractivity contribution is 0.0259. The van der Waals surface area contributed by atoms with Gasteiger partial charge in [0.25, 0.3) is 5.91 Å². The second-order valence-corrected chi connectivity index (χ2v) is 2.08. The molecule has 0 radical (unpaired) electrons. The summed E-state index contributed by atoms with van der Waals surface area (Å²) in [4.78, 5) is 15.5. The van der Waals surface area contributed by atoms with E-state index in [4.69, 9.17) is 0 Å². The van der Waals surface area contributed by atoms with Crippen molar-refractivity contribution in [3.05, 3.63) is 24.0 Å². The van der Waals surface area contributed by atoms with Gasteiger partial charge in [0.2, 0.25) is 0 Å². The van der Waals surface area contributed by atoms with Crippen LogP contribution in [-0.4, -0.2) is 29.4 Å². The molecule has 70 valence electrons. The van der Waals surface area contributed by atoms with Crippen molar-refractivity contribution in [3.63, 3.8) is 0 Å². The molecule has 1 heterocycles. The van der Waals surface area contributed by atoms with E-state index in [-0.39, 0.29) is 12.3 Å². The van der Waals surface area contributed by atoms with Gasteiger partial charge in [0.15, 0.2) is 5.69 Å². The number of amides is 1. The molecule has 1 aromatic rings. The Bertz CT molecular complexity index is 268. The molecule has 0 saturated heterocycles. The minimum atomic E-state index is -0.652. The highest BCUT2D eigenvalue weighted by Crippen LogP contribution is 1.89. The molecule has 0 aliphatic carbocycles. The minimum Gasteiger partial charge on any atom is -0.271 e. The molecular formula is C7H8FN3O2. The number of nitrogens with one attached hydrogen (secondary N) is 1. The Balaban J connectivity index is 2.40. The average molecular weight is 185 g/mol. The van der Waals surface area contributed by atoms with E-state index in [0.717, 1.165) is 0 Å². The summed E-state index contributed by atoms with van der Waals surface area (Å²) in [7, 11) is 0. The standard InChI is InChI=1S/C7H8FN3O2/c8-3-5-13-11-7(12)6-2-1-4-9-10-6/h1-2,4H,3,5H2,(H,11,12). The van der Waals surface area contributed by atoms with Crippen molar-refractivity contribution in [2.45, 2.75) is 0 Å². The summed E-state index contributed by atoms with van der Waals surface area (Å²) < 4.78 is 11.5. The SMILES string of the molecule is O=C(NOCCF)c1cccnn1. The average Bonchev–Trinajstić information content (AvgIpc) is 2.19. The molecule has 0 aromatic carbocycles. The first-order valence-electron chi connectivity index (χ1n) is 3.60. The van der Waals surface area contributed by atoms with Crippen LogP contribution in [0.5, 0.6) is 0 Å². The molecule has 5 nitrogen and oxygen atoms in total. The Morgan fingerprint density at radius 3 is 3.15 bits per heavy atom. The van der Waals surface area contributed by atoms with Crippen molar-refractivity contribution in [3.8, 4) is 0 Å². The first-order valence-corrected chi connectivity index (χ1v) is 3.60. The van der Waals surface area contributed by atoms with E-state index in [1.807, 2.05) is 5.48 Å². The van der Waals surface area contributed by atoms with Crippen molar-refractivity contribution in [2.24, 2.45) is 0 Å². The van der Waals surface area contributed by atoms with E-state index in [1.165, 1.54) is 12.3 Å². The van der Waals surface area contributed by atoms with Crippen molar-refractivity contribution in [2.75, 3.05) is 13.3 Å². The zero-order valence-electron chi connectivity index (χ0n) is 6.74. The van der Waals surface area contributed by atoms with Gasteiger partial charge in [0, 0.05) is 6.20 Å². The Morgan fingerprint density at radius 2 is 2.54 bits per heavy atom. The fourth-order valence-electron chi connectivity index (χ4n) is 0.630. The van der Waals surface area contributed by atoms with Crippen LogP contribution in [0.2, 0.25) is 0 Å². The van der Waals surface area contributed by atoms with Crippen molar-refractivity contribution in [1.29, 1.82) is 0 Å². The fourth-order valence-corrected chi connectivity index (χ4v) is 0.630. The van der Waals surface area contributed by atoms with Gasteiger partial charge >= 0.3 is 0 Å². The van der Waals surface area contributed by atoms with Gasteiger partial charge in [-0.2, -0.15) is 5.10 Å². The number of hydroxylamine groups is 1. The van der Waals surface area contributed by atoms with Crippen LogP contribution in [0, 0.1) is 0 Å². The molecule has 1 N–H and O–H groups in total. The van der Waals surface area contributed by atoms with Crippen molar-refractivity contribution in [1.82, 2.24) is 15.7 Å². The lowest BCUT2D eigenvalue weighted by Gasteiger charge is -2.01. The molecular weight excluding hydrogens is 177 g/mol. The van der Waals surface area contributed by atoms with Crippen LogP contribution in [0.25, 0.3) is 0 Å². The van der Waals surface area contributed by atoms with Gasteiger partial charge in [-0.15, -0.1) is 5.10 Å². The molecule has 0 atom stereocenters. The van der Waals surface area contributed by atoms with E-state index < -0.39 is 12.6 Å². The monoisotopic (exact) mass is 185 g/mol. The Hall–Kier alpha value is -1.56. The fraction of sp³-hybridized carbons (Fsp3) is 0.286. The van der Waals surface area contributed by atoms with Gasteiger partial charge in [-0.3, -0.25) is 9.63 Å². The minimum absolute atomic E-state index is 0.126. The van der Waals surface area contributed by atoms with E-state index >= 15 is 0 Å². The van der Waals surface area contributed by atoms with E-state index in [2.05, 4.69) is 15.0 Å². The summed E-state index contributed by atoms with van der Waals surface area (Å²) in [5.41, 5.74) is 2.14. The number of nitrogens with zero attached hydrogens (tertiary/aromatic N) is 2. The number of hydrogen-bond acceptors (Lipinski definition) is 4. The highest BCUT2D eigenvalue weighted by molar-refractivity contribution is 5.91. The number of carbonyl (C=O) groups is 1. The van der Waals surface area contributed by atoms with Gasteiger partial charge in [0.1, 0.15) is 13.3 Å². The molecule has 0 saturated carbocycles. The van der Waals surface area contributed by atoms with Gasteiger partial charge < -0.3 is 0 Å². The van der Waals surface area contributed by atoms with Crippen molar-refractivity contribution < 1.29 is 14.0 Å². The summed E-state index contributed by atoms with van der Waals surface area (Å²) in [5.74, 6) is -0.540. The summed E-state index contributed by atoms with van der Waals surface area (Å²) in [6.07, 6.45) is 1.44. The van der Waals surface area contributed by atoms with E-state index in [1.54, 1.807) is 6.07 Å². The molecule has 0 unspecified atom stereocenters. The Labute approximate surface area is 73.9 Å². The molecule has 1 rings (SSSR count). The second-order valence-electron chi connectivity index (χ2n) is 2.08. The number of aromatic nitrogens is 2. The topological polar surface area (TPSA) is 64.1 Å². The zero-order valence-corrected chi connectivity index (χ0v) is 6.74. The molecule has 1 amide bonds. The van der Waals surface area contributed by atoms with Gasteiger partial charge in [-0.05, 0) is 12.1 Å². The Kier molecular flexibility index (Phi) is 3.77. The first-order chi connectivity index (χ1) is 6.34.